The van der Waals surface area contributed by atoms with Crippen molar-refractivity contribution in [1.82, 2.24) is 5.43 Å². The molecule has 2 atom stereocenters. The summed E-state index contributed by atoms with van der Waals surface area (Å²) in [6.45, 7) is 4.34. The van der Waals surface area contributed by atoms with Gasteiger partial charge in [0.15, 0.2) is 0 Å². The van der Waals surface area contributed by atoms with Gasteiger partial charge in [0.05, 0.1) is 0 Å². The molecule has 0 radical (unpaired) electrons. The second-order valence-electron chi connectivity index (χ2n) is 4.28. The van der Waals surface area contributed by atoms with Crippen LogP contribution in [-0.4, -0.2) is 11.8 Å². The zero-order valence-electron chi connectivity index (χ0n) is 10.4. The molecule has 96 valence electrons. The van der Waals surface area contributed by atoms with Crippen LogP contribution in [0.2, 0.25) is 0 Å². The Hall–Kier alpha value is -0.580. The Morgan fingerprint density at radius 3 is 2.71 bits per heavy atom. The number of nitrogens with one attached hydrogen (secondary N) is 1. The zero-order valence-corrected chi connectivity index (χ0v) is 11.3. The highest BCUT2D eigenvalue weighted by atomic mass is 32.2. The molecule has 0 spiro atoms. The molecule has 0 amide bonds. The molecule has 0 aliphatic rings. The fourth-order valence-corrected chi connectivity index (χ4v) is 2.94. The number of hydrogen-bond acceptors (Lipinski definition) is 3. The molecule has 3 N–H and O–H groups in total. The van der Waals surface area contributed by atoms with Gasteiger partial charge in [0.2, 0.25) is 0 Å². The van der Waals surface area contributed by atoms with Crippen LogP contribution in [0.15, 0.2) is 29.2 Å². The third kappa shape index (κ3) is 4.66. The van der Waals surface area contributed by atoms with Crippen LogP contribution in [0.4, 0.5) is 4.39 Å². The van der Waals surface area contributed by atoms with E-state index in [2.05, 4.69) is 19.3 Å². The van der Waals surface area contributed by atoms with E-state index in [4.69, 9.17) is 5.84 Å². The highest BCUT2D eigenvalue weighted by Gasteiger charge is 2.15. The van der Waals surface area contributed by atoms with Crippen molar-refractivity contribution in [2.75, 3.05) is 5.75 Å². The number of rotatable bonds is 7. The quantitative estimate of drug-likeness (QED) is 0.447. The summed E-state index contributed by atoms with van der Waals surface area (Å²) in [4.78, 5) is 0.691. The monoisotopic (exact) mass is 256 g/mol. The highest BCUT2D eigenvalue weighted by molar-refractivity contribution is 7.99. The van der Waals surface area contributed by atoms with Crippen molar-refractivity contribution in [2.24, 2.45) is 11.8 Å². The van der Waals surface area contributed by atoms with Gasteiger partial charge in [-0.25, -0.2) is 4.39 Å². The lowest BCUT2D eigenvalue weighted by molar-refractivity contribution is 0.387. The Bertz CT molecular complexity index is 333. The van der Waals surface area contributed by atoms with E-state index in [9.17, 15) is 4.39 Å². The first-order valence-corrected chi connectivity index (χ1v) is 7.01. The minimum absolute atomic E-state index is 0.156. The average Bonchev–Trinajstić information content (AvgIpc) is 2.32. The van der Waals surface area contributed by atoms with Gasteiger partial charge in [0, 0.05) is 16.7 Å². The molecular formula is C13H21FN2S. The number of thioether (sulfide) groups is 1. The summed E-state index contributed by atoms with van der Waals surface area (Å²) in [6, 6.07) is 7.07. The van der Waals surface area contributed by atoms with Gasteiger partial charge in [-0.3, -0.25) is 11.3 Å². The molecule has 1 aromatic rings. The number of halogens is 1. The van der Waals surface area contributed by atoms with E-state index in [1.54, 1.807) is 12.1 Å². The van der Waals surface area contributed by atoms with E-state index in [0.717, 1.165) is 18.6 Å². The van der Waals surface area contributed by atoms with Gasteiger partial charge in [-0.05, 0) is 24.5 Å². The molecule has 0 heterocycles. The van der Waals surface area contributed by atoms with Gasteiger partial charge < -0.3 is 0 Å². The molecule has 0 saturated carbocycles. The van der Waals surface area contributed by atoms with Crippen LogP contribution >= 0.6 is 11.8 Å². The van der Waals surface area contributed by atoms with Gasteiger partial charge in [0.1, 0.15) is 5.82 Å². The molecule has 1 rings (SSSR count). The summed E-state index contributed by atoms with van der Waals surface area (Å²) < 4.78 is 13.4. The van der Waals surface area contributed by atoms with Crippen molar-refractivity contribution >= 4 is 11.8 Å². The molecular weight excluding hydrogens is 235 g/mol. The van der Waals surface area contributed by atoms with Crippen LogP contribution in [0.1, 0.15) is 26.7 Å². The fourth-order valence-electron chi connectivity index (χ4n) is 1.77. The first-order valence-electron chi connectivity index (χ1n) is 6.02. The van der Waals surface area contributed by atoms with Crippen LogP contribution in [0, 0.1) is 11.7 Å². The summed E-state index contributed by atoms with van der Waals surface area (Å²) in [7, 11) is 0. The van der Waals surface area contributed by atoms with Crippen LogP contribution < -0.4 is 11.3 Å². The molecule has 0 aliphatic heterocycles. The third-order valence-electron chi connectivity index (χ3n) is 2.90. The van der Waals surface area contributed by atoms with E-state index in [1.165, 1.54) is 17.8 Å². The predicted octanol–water partition coefficient (Wildman–Crippen LogP) is 3.19. The van der Waals surface area contributed by atoms with Gasteiger partial charge in [-0.2, -0.15) is 0 Å². The van der Waals surface area contributed by atoms with E-state index >= 15 is 0 Å². The largest absolute Gasteiger partial charge is 0.271 e. The lowest BCUT2D eigenvalue weighted by Crippen LogP contribution is -2.41. The Balaban J connectivity index is 2.50. The lowest BCUT2D eigenvalue weighted by atomic mass is 9.99. The van der Waals surface area contributed by atoms with Crippen molar-refractivity contribution in [3.05, 3.63) is 30.1 Å². The standard InChI is InChI=1S/C13H21FN2S/c1-3-6-10(2)12(16-15)9-17-13-8-5-4-7-11(13)14/h4-5,7-8,10,12,16H,3,6,9,15H2,1-2H3. The van der Waals surface area contributed by atoms with Crippen LogP contribution in [-0.2, 0) is 0 Å². The van der Waals surface area contributed by atoms with Crippen molar-refractivity contribution in [3.8, 4) is 0 Å². The Morgan fingerprint density at radius 1 is 1.41 bits per heavy atom. The van der Waals surface area contributed by atoms with E-state index < -0.39 is 0 Å². The Morgan fingerprint density at radius 2 is 2.12 bits per heavy atom. The Labute approximate surface area is 107 Å². The molecule has 0 saturated heterocycles. The normalized spacial score (nSPS) is 14.6. The summed E-state index contributed by atoms with van der Waals surface area (Å²) in [5, 5.41) is 0. The van der Waals surface area contributed by atoms with Gasteiger partial charge in [-0.1, -0.05) is 32.4 Å². The molecule has 0 fully saturated rings. The average molecular weight is 256 g/mol. The third-order valence-corrected chi connectivity index (χ3v) is 4.07. The maximum Gasteiger partial charge on any atom is 0.136 e. The first-order chi connectivity index (χ1) is 8.19. The van der Waals surface area contributed by atoms with E-state index in [-0.39, 0.29) is 11.9 Å². The minimum Gasteiger partial charge on any atom is -0.271 e. The van der Waals surface area contributed by atoms with Crippen molar-refractivity contribution in [3.63, 3.8) is 0 Å². The van der Waals surface area contributed by atoms with E-state index in [0.29, 0.717) is 10.8 Å². The maximum atomic E-state index is 13.4. The van der Waals surface area contributed by atoms with Gasteiger partial charge >= 0.3 is 0 Å². The minimum atomic E-state index is -0.156. The van der Waals surface area contributed by atoms with Crippen molar-refractivity contribution < 1.29 is 4.39 Å². The molecule has 0 bridgehead atoms. The van der Waals surface area contributed by atoms with Crippen molar-refractivity contribution in [1.29, 1.82) is 0 Å². The molecule has 0 aromatic heterocycles. The first kappa shape index (κ1) is 14.5. The maximum absolute atomic E-state index is 13.4. The SMILES string of the molecule is CCCC(C)C(CSc1ccccc1F)NN. The second kappa shape index (κ2) is 7.69. The van der Waals surface area contributed by atoms with Gasteiger partial charge in [-0.15, -0.1) is 11.8 Å². The van der Waals surface area contributed by atoms with Crippen LogP contribution in [0.3, 0.4) is 0 Å². The zero-order chi connectivity index (χ0) is 12.7. The van der Waals surface area contributed by atoms with Gasteiger partial charge in [0.25, 0.3) is 0 Å². The lowest BCUT2D eigenvalue weighted by Gasteiger charge is -2.22. The number of nitrogens with two attached hydrogens (primary N) is 1. The van der Waals surface area contributed by atoms with Crippen LogP contribution in [0.25, 0.3) is 0 Å². The highest BCUT2D eigenvalue weighted by Crippen LogP contribution is 2.24. The summed E-state index contributed by atoms with van der Waals surface area (Å²) in [5.41, 5.74) is 2.83. The number of hydrogen-bond donors (Lipinski definition) is 2. The molecule has 1 aromatic carbocycles. The molecule has 2 unspecified atom stereocenters. The summed E-state index contributed by atoms with van der Waals surface area (Å²) in [6.07, 6.45) is 2.27. The summed E-state index contributed by atoms with van der Waals surface area (Å²) >= 11 is 1.52. The van der Waals surface area contributed by atoms with Crippen LogP contribution in [0.5, 0.6) is 0 Å². The van der Waals surface area contributed by atoms with Crippen molar-refractivity contribution in [2.45, 2.75) is 37.6 Å². The molecule has 4 heteroatoms. The number of hydrazine groups is 1. The molecule has 0 aliphatic carbocycles. The molecule has 2 nitrogen and oxygen atoms in total. The number of benzene rings is 1. The molecule has 17 heavy (non-hydrogen) atoms. The Kier molecular flexibility index (Phi) is 6.55. The fraction of sp³-hybridized carbons (Fsp3) is 0.538. The smallest absolute Gasteiger partial charge is 0.136 e. The summed E-state index contributed by atoms with van der Waals surface area (Å²) in [5.74, 6) is 6.69. The predicted molar refractivity (Wildman–Crippen MR) is 72.3 cm³/mol. The van der Waals surface area contributed by atoms with E-state index in [1.807, 2.05) is 6.07 Å². The second-order valence-corrected chi connectivity index (χ2v) is 5.34. The topological polar surface area (TPSA) is 38.0 Å².